The molecule has 0 bridgehead atoms. The van der Waals surface area contributed by atoms with Gasteiger partial charge in [-0.3, -0.25) is 4.79 Å². The molecule has 1 N–H and O–H groups in total. The lowest BCUT2D eigenvalue weighted by Gasteiger charge is -2.40. The van der Waals surface area contributed by atoms with Crippen molar-refractivity contribution in [3.8, 4) is 0 Å². The molecule has 1 atom stereocenters. The summed E-state index contributed by atoms with van der Waals surface area (Å²) in [7, 11) is 0. The van der Waals surface area contributed by atoms with Crippen molar-refractivity contribution in [1.29, 1.82) is 0 Å². The molecule has 2 rings (SSSR count). The van der Waals surface area contributed by atoms with Gasteiger partial charge in [0.25, 0.3) is 0 Å². The second kappa shape index (κ2) is 5.03. The van der Waals surface area contributed by atoms with E-state index in [2.05, 4.69) is 0 Å². The highest BCUT2D eigenvalue weighted by Crippen LogP contribution is 2.41. The number of nitrogens with zero attached hydrogens (tertiary/aromatic N) is 1. The van der Waals surface area contributed by atoms with E-state index in [4.69, 9.17) is 0 Å². The van der Waals surface area contributed by atoms with Gasteiger partial charge in [-0.15, -0.1) is 0 Å². The third-order valence-corrected chi connectivity index (χ3v) is 3.78. The summed E-state index contributed by atoms with van der Waals surface area (Å²) in [6.07, 6.45) is 2.14. The van der Waals surface area contributed by atoms with Crippen LogP contribution in [0.1, 0.15) is 38.7 Å². The third-order valence-electron chi connectivity index (χ3n) is 3.78. The Kier molecular flexibility index (Phi) is 3.60. The van der Waals surface area contributed by atoms with Crippen LogP contribution in [0, 0.1) is 0 Å². The van der Waals surface area contributed by atoms with Gasteiger partial charge in [0.1, 0.15) is 0 Å². The maximum atomic E-state index is 12.0. The van der Waals surface area contributed by atoms with Crippen LogP contribution >= 0.6 is 0 Å². The van der Waals surface area contributed by atoms with Crippen LogP contribution in [0.15, 0.2) is 30.3 Å². The quantitative estimate of drug-likeness (QED) is 0.885. The van der Waals surface area contributed by atoms with Gasteiger partial charge in [0, 0.05) is 13.0 Å². The smallest absolute Gasteiger partial charge is 0.334 e. The molecule has 4 nitrogen and oxygen atoms in total. The minimum absolute atomic E-state index is 0.0637. The maximum Gasteiger partial charge on any atom is 0.334 e. The predicted octanol–water partition coefficient (Wildman–Crippen LogP) is 2.39. The van der Waals surface area contributed by atoms with E-state index >= 15 is 0 Å². The van der Waals surface area contributed by atoms with Crippen molar-refractivity contribution < 1.29 is 14.7 Å². The predicted molar refractivity (Wildman–Crippen MR) is 71.6 cm³/mol. The van der Waals surface area contributed by atoms with E-state index in [1.807, 2.05) is 25.1 Å². The first-order chi connectivity index (χ1) is 9.04. The summed E-state index contributed by atoms with van der Waals surface area (Å²) in [6, 6.07) is 9.11. The second-order valence-corrected chi connectivity index (χ2v) is 5.01. The Balaban J connectivity index is 2.56. The molecule has 1 unspecified atom stereocenters. The minimum Gasteiger partial charge on any atom is -0.479 e. The topological polar surface area (TPSA) is 57.6 Å². The molecule has 1 saturated carbocycles. The first-order valence-corrected chi connectivity index (χ1v) is 6.63. The SMILES string of the molecule is CCC(C(=O)O)(c1ccccc1)N(C(C)=O)C1CC1. The van der Waals surface area contributed by atoms with Gasteiger partial charge < -0.3 is 10.0 Å². The number of carbonyl (C=O) groups excluding carboxylic acids is 1. The lowest BCUT2D eigenvalue weighted by Crippen LogP contribution is -2.54. The van der Waals surface area contributed by atoms with E-state index < -0.39 is 11.5 Å². The minimum atomic E-state index is -1.24. The van der Waals surface area contributed by atoms with Crippen LogP contribution in [0.2, 0.25) is 0 Å². The number of rotatable bonds is 5. The Morgan fingerprint density at radius 2 is 1.89 bits per heavy atom. The lowest BCUT2D eigenvalue weighted by atomic mass is 9.85. The van der Waals surface area contributed by atoms with Gasteiger partial charge in [-0.2, -0.15) is 0 Å². The summed E-state index contributed by atoms with van der Waals surface area (Å²) >= 11 is 0. The lowest BCUT2D eigenvalue weighted by molar-refractivity contribution is -0.161. The van der Waals surface area contributed by atoms with Gasteiger partial charge in [0.15, 0.2) is 5.54 Å². The van der Waals surface area contributed by atoms with Crippen molar-refractivity contribution in [2.45, 2.75) is 44.7 Å². The molecule has 0 spiro atoms. The van der Waals surface area contributed by atoms with E-state index in [-0.39, 0.29) is 11.9 Å². The number of hydrogen-bond donors (Lipinski definition) is 1. The van der Waals surface area contributed by atoms with E-state index in [0.717, 1.165) is 12.8 Å². The standard InChI is InChI=1S/C15H19NO3/c1-3-15(14(18)19,12-7-5-4-6-8-12)16(11(2)17)13-9-10-13/h4-8,13H,3,9-10H2,1-2H3,(H,18,19). The Morgan fingerprint density at radius 3 is 2.26 bits per heavy atom. The molecule has 102 valence electrons. The molecule has 0 heterocycles. The fourth-order valence-corrected chi connectivity index (χ4v) is 2.78. The van der Waals surface area contributed by atoms with Gasteiger partial charge in [-0.1, -0.05) is 37.3 Å². The number of amides is 1. The van der Waals surface area contributed by atoms with Crippen molar-refractivity contribution in [2.24, 2.45) is 0 Å². The highest BCUT2D eigenvalue weighted by molar-refractivity contribution is 5.87. The molecule has 0 radical (unpaired) electrons. The Hall–Kier alpha value is -1.84. The Bertz CT molecular complexity index is 481. The number of carbonyl (C=O) groups is 2. The monoisotopic (exact) mass is 261 g/mol. The summed E-state index contributed by atoms with van der Waals surface area (Å²) in [4.78, 5) is 25.5. The third kappa shape index (κ3) is 2.23. The number of hydrogen-bond acceptors (Lipinski definition) is 2. The van der Waals surface area contributed by atoms with Crippen LogP contribution in [0.5, 0.6) is 0 Å². The molecule has 1 aromatic rings. The van der Waals surface area contributed by atoms with Gasteiger partial charge in [-0.25, -0.2) is 4.79 Å². The van der Waals surface area contributed by atoms with Crippen LogP contribution in [-0.4, -0.2) is 27.9 Å². The summed E-state index contributed by atoms with van der Waals surface area (Å²) in [6.45, 7) is 3.27. The molecule has 0 aliphatic heterocycles. The number of carboxylic acids is 1. The number of carboxylic acid groups (broad SMARTS) is 1. The van der Waals surface area contributed by atoms with E-state index in [0.29, 0.717) is 12.0 Å². The summed E-state index contributed by atoms with van der Waals surface area (Å²) in [5, 5.41) is 9.78. The number of aliphatic carboxylic acids is 1. The van der Waals surface area contributed by atoms with Crippen molar-refractivity contribution in [3.05, 3.63) is 35.9 Å². The summed E-state index contributed by atoms with van der Waals surface area (Å²) in [5.41, 5.74) is -0.569. The normalized spacial score (nSPS) is 17.6. The summed E-state index contributed by atoms with van der Waals surface area (Å²) in [5.74, 6) is -1.13. The molecule has 1 fully saturated rings. The average Bonchev–Trinajstić information content (AvgIpc) is 3.20. The Morgan fingerprint density at radius 1 is 1.32 bits per heavy atom. The van der Waals surface area contributed by atoms with Crippen LogP contribution in [-0.2, 0) is 15.1 Å². The largest absolute Gasteiger partial charge is 0.479 e. The molecular weight excluding hydrogens is 242 g/mol. The van der Waals surface area contributed by atoms with Gasteiger partial charge in [0.05, 0.1) is 0 Å². The van der Waals surface area contributed by atoms with Crippen molar-refractivity contribution >= 4 is 11.9 Å². The molecule has 4 heteroatoms. The molecule has 19 heavy (non-hydrogen) atoms. The van der Waals surface area contributed by atoms with E-state index in [9.17, 15) is 14.7 Å². The maximum absolute atomic E-state index is 12.0. The number of benzene rings is 1. The van der Waals surface area contributed by atoms with Crippen LogP contribution in [0.25, 0.3) is 0 Å². The Labute approximate surface area is 113 Å². The zero-order valence-corrected chi connectivity index (χ0v) is 11.3. The first-order valence-electron chi connectivity index (χ1n) is 6.63. The zero-order chi connectivity index (χ0) is 14.0. The van der Waals surface area contributed by atoms with Crippen molar-refractivity contribution in [2.75, 3.05) is 0 Å². The fraction of sp³-hybridized carbons (Fsp3) is 0.467. The van der Waals surface area contributed by atoms with E-state index in [1.165, 1.54) is 6.92 Å². The van der Waals surface area contributed by atoms with Gasteiger partial charge >= 0.3 is 5.97 Å². The van der Waals surface area contributed by atoms with Gasteiger partial charge in [0.2, 0.25) is 5.91 Å². The first kappa shape index (κ1) is 13.6. The van der Waals surface area contributed by atoms with Crippen LogP contribution in [0.4, 0.5) is 0 Å². The fourth-order valence-electron chi connectivity index (χ4n) is 2.78. The second-order valence-electron chi connectivity index (χ2n) is 5.01. The molecule has 1 aromatic carbocycles. The van der Waals surface area contributed by atoms with Gasteiger partial charge in [-0.05, 0) is 24.8 Å². The highest BCUT2D eigenvalue weighted by Gasteiger charge is 2.51. The van der Waals surface area contributed by atoms with Crippen molar-refractivity contribution in [1.82, 2.24) is 4.90 Å². The molecule has 1 amide bonds. The average molecular weight is 261 g/mol. The molecule has 0 saturated heterocycles. The summed E-state index contributed by atoms with van der Waals surface area (Å²) < 4.78 is 0. The van der Waals surface area contributed by atoms with Crippen LogP contribution in [0.3, 0.4) is 0 Å². The van der Waals surface area contributed by atoms with Crippen molar-refractivity contribution in [3.63, 3.8) is 0 Å². The zero-order valence-electron chi connectivity index (χ0n) is 11.3. The highest BCUT2D eigenvalue weighted by atomic mass is 16.4. The molecule has 1 aliphatic carbocycles. The molecule has 0 aromatic heterocycles. The van der Waals surface area contributed by atoms with Crippen LogP contribution < -0.4 is 0 Å². The molecule has 1 aliphatic rings. The van der Waals surface area contributed by atoms with E-state index in [1.54, 1.807) is 17.0 Å². The molecular formula is C15H19NO3.